The van der Waals surface area contributed by atoms with E-state index in [4.69, 9.17) is 5.11 Å². The van der Waals surface area contributed by atoms with Crippen LogP contribution in [0.15, 0.2) is 16.8 Å². The van der Waals surface area contributed by atoms with Crippen LogP contribution in [-0.2, 0) is 0 Å². The van der Waals surface area contributed by atoms with E-state index in [9.17, 15) is 0 Å². The van der Waals surface area contributed by atoms with Gasteiger partial charge in [-0.3, -0.25) is 5.32 Å². The lowest BCUT2D eigenvalue weighted by molar-refractivity contribution is 0.271. The highest BCUT2D eigenvalue weighted by molar-refractivity contribution is 7.99. The van der Waals surface area contributed by atoms with E-state index in [0.717, 1.165) is 12.2 Å². The lowest BCUT2D eigenvalue weighted by atomic mass is 10.2. The Bertz CT molecular complexity index is 250. The Labute approximate surface area is 86.4 Å². The molecule has 1 fully saturated rings. The zero-order valence-electron chi connectivity index (χ0n) is 7.27. The van der Waals surface area contributed by atoms with Crippen molar-refractivity contribution in [1.29, 1.82) is 0 Å². The number of nitrogens with one attached hydrogen (secondary N) is 1. The Hall–Kier alpha value is -0.0300. The van der Waals surface area contributed by atoms with Gasteiger partial charge in [0.25, 0.3) is 0 Å². The number of hydrogen-bond acceptors (Lipinski definition) is 4. The first kappa shape index (κ1) is 9.52. The van der Waals surface area contributed by atoms with Gasteiger partial charge in [-0.15, -0.1) is 11.8 Å². The van der Waals surface area contributed by atoms with Crippen LogP contribution in [0, 0.1) is 0 Å². The van der Waals surface area contributed by atoms with Crippen LogP contribution in [0.1, 0.15) is 17.4 Å². The molecule has 2 unspecified atom stereocenters. The SMILES string of the molecule is OCCC1CSC(c2ccsc2)N1. The predicted octanol–water partition coefficient (Wildman–Crippen LogP) is 1.83. The van der Waals surface area contributed by atoms with E-state index in [1.807, 2.05) is 11.8 Å². The van der Waals surface area contributed by atoms with Gasteiger partial charge in [-0.05, 0) is 28.8 Å². The van der Waals surface area contributed by atoms with E-state index in [0.29, 0.717) is 11.4 Å². The molecule has 0 aliphatic carbocycles. The molecule has 1 aliphatic heterocycles. The fourth-order valence-electron chi connectivity index (χ4n) is 1.46. The molecule has 1 saturated heterocycles. The van der Waals surface area contributed by atoms with Gasteiger partial charge in [-0.25, -0.2) is 0 Å². The highest BCUT2D eigenvalue weighted by Crippen LogP contribution is 2.34. The van der Waals surface area contributed by atoms with Crippen molar-refractivity contribution in [2.45, 2.75) is 17.8 Å². The second kappa shape index (κ2) is 4.46. The standard InChI is InChI=1S/C9H13NOS2/c11-3-1-8-6-13-9(10-8)7-2-4-12-5-7/h2,4-5,8-11H,1,3,6H2. The fraction of sp³-hybridized carbons (Fsp3) is 0.556. The van der Waals surface area contributed by atoms with Crippen molar-refractivity contribution in [3.05, 3.63) is 22.4 Å². The molecule has 0 bridgehead atoms. The fourth-order valence-corrected chi connectivity index (χ4v) is 3.55. The molecule has 0 spiro atoms. The molecule has 2 N–H and O–H groups in total. The van der Waals surface area contributed by atoms with Crippen LogP contribution in [0.3, 0.4) is 0 Å². The van der Waals surface area contributed by atoms with Gasteiger partial charge in [0.2, 0.25) is 0 Å². The van der Waals surface area contributed by atoms with Crippen LogP contribution in [0.2, 0.25) is 0 Å². The summed E-state index contributed by atoms with van der Waals surface area (Å²) in [5.41, 5.74) is 1.37. The number of aliphatic hydroxyl groups is 1. The van der Waals surface area contributed by atoms with Crippen molar-refractivity contribution < 1.29 is 5.11 Å². The van der Waals surface area contributed by atoms with Crippen LogP contribution in [0.4, 0.5) is 0 Å². The summed E-state index contributed by atoms with van der Waals surface area (Å²) in [5, 5.41) is 17.0. The minimum atomic E-state index is 0.286. The molecule has 2 heterocycles. The topological polar surface area (TPSA) is 32.3 Å². The van der Waals surface area contributed by atoms with Crippen LogP contribution >= 0.6 is 23.1 Å². The van der Waals surface area contributed by atoms with Gasteiger partial charge in [0, 0.05) is 18.4 Å². The van der Waals surface area contributed by atoms with Gasteiger partial charge in [0.05, 0.1) is 5.37 Å². The molecule has 1 aromatic rings. The van der Waals surface area contributed by atoms with Gasteiger partial charge >= 0.3 is 0 Å². The van der Waals surface area contributed by atoms with Crippen LogP contribution < -0.4 is 5.32 Å². The maximum atomic E-state index is 8.80. The largest absolute Gasteiger partial charge is 0.396 e. The molecule has 0 amide bonds. The van der Waals surface area contributed by atoms with Crippen LogP contribution in [-0.4, -0.2) is 23.5 Å². The zero-order chi connectivity index (χ0) is 9.10. The number of hydrogen-bond donors (Lipinski definition) is 2. The lowest BCUT2D eigenvalue weighted by Crippen LogP contribution is -2.26. The summed E-state index contributed by atoms with van der Waals surface area (Å²) >= 11 is 3.67. The molecule has 13 heavy (non-hydrogen) atoms. The van der Waals surface area contributed by atoms with Gasteiger partial charge in [-0.1, -0.05) is 0 Å². The van der Waals surface area contributed by atoms with E-state index in [1.165, 1.54) is 5.56 Å². The summed E-state index contributed by atoms with van der Waals surface area (Å²) in [5.74, 6) is 1.11. The summed E-state index contributed by atoms with van der Waals surface area (Å²) in [6.45, 7) is 0.286. The molecule has 2 atom stereocenters. The maximum absolute atomic E-state index is 8.80. The summed E-state index contributed by atoms with van der Waals surface area (Å²) in [4.78, 5) is 0. The quantitative estimate of drug-likeness (QED) is 0.807. The Morgan fingerprint density at radius 2 is 2.54 bits per heavy atom. The van der Waals surface area contributed by atoms with Crippen LogP contribution in [0.25, 0.3) is 0 Å². The van der Waals surface area contributed by atoms with Gasteiger partial charge in [0.15, 0.2) is 0 Å². The van der Waals surface area contributed by atoms with E-state index < -0.39 is 0 Å². The van der Waals surface area contributed by atoms with E-state index >= 15 is 0 Å². The van der Waals surface area contributed by atoms with Crippen LogP contribution in [0.5, 0.6) is 0 Å². The minimum Gasteiger partial charge on any atom is -0.396 e. The molecule has 1 aliphatic rings. The number of thioether (sulfide) groups is 1. The van der Waals surface area contributed by atoms with E-state index in [-0.39, 0.29) is 6.61 Å². The third-order valence-electron chi connectivity index (χ3n) is 2.17. The summed E-state index contributed by atoms with van der Waals surface area (Å²) in [6, 6.07) is 2.65. The molecule has 0 radical (unpaired) electrons. The highest BCUT2D eigenvalue weighted by atomic mass is 32.2. The van der Waals surface area contributed by atoms with Gasteiger partial charge < -0.3 is 5.11 Å². The summed E-state index contributed by atoms with van der Waals surface area (Å²) in [6.07, 6.45) is 0.869. The minimum absolute atomic E-state index is 0.286. The smallest absolute Gasteiger partial charge is 0.0800 e. The van der Waals surface area contributed by atoms with Crippen molar-refractivity contribution in [3.8, 4) is 0 Å². The second-order valence-electron chi connectivity index (χ2n) is 3.15. The van der Waals surface area contributed by atoms with Crippen molar-refractivity contribution in [3.63, 3.8) is 0 Å². The van der Waals surface area contributed by atoms with Crippen molar-refractivity contribution in [1.82, 2.24) is 5.32 Å². The monoisotopic (exact) mass is 215 g/mol. The molecule has 4 heteroatoms. The van der Waals surface area contributed by atoms with Crippen molar-refractivity contribution in [2.24, 2.45) is 0 Å². The highest BCUT2D eigenvalue weighted by Gasteiger charge is 2.24. The molecule has 1 aromatic heterocycles. The number of rotatable bonds is 3. The third kappa shape index (κ3) is 2.26. The second-order valence-corrected chi connectivity index (χ2v) is 5.06. The van der Waals surface area contributed by atoms with Gasteiger partial charge in [-0.2, -0.15) is 11.3 Å². The first-order valence-corrected chi connectivity index (χ1v) is 6.40. The Balaban J connectivity index is 1.91. The van der Waals surface area contributed by atoms with Crippen molar-refractivity contribution >= 4 is 23.1 Å². The summed E-state index contributed by atoms with van der Waals surface area (Å²) < 4.78 is 0. The maximum Gasteiger partial charge on any atom is 0.0800 e. The first-order chi connectivity index (χ1) is 6.40. The molecular formula is C9H13NOS2. The number of aliphatic hydroxyl groups excluding tert-OH is 1. The third-order valence-corrected chi connectivity index (χ3v) is 4.21. The van der Waals surface area contributed by atoms with E-state index in [2.05, 4.69) is 22.1 Å². The molecule has 2 rings (SSSR count). The Kier molecular flexibility index (Phi) is 3.27. The number of thiophene rings is 1. The average Bonchev–Trinajstić information content (AvgIpc) is 2.70. The average molecular weight is 215 g/mol. The first-order valence-electron chi connectivity index (χ1n) is 4.41. The van der Waals surface area contributed by atoms with E-state index in [1.54, 1.807) is 11.3 Å². The van der Waals surface area contributed by atoms with Gasteiger partial charge in [0.1, 0.15) is 0 Å². The lowest BCUT2D eigenvalue weighted by Gasteiger charge is -2.10. The Morgan fingerprint density at radius 1 is 1.62 bits per heavy atom. The summed E-state index contributed by atoms with van der Waals surface area (Å²) in [7, 11) is 0. The predicted molar refractivity (Wildman–Crippen MR) is 58.1 cm³/mol. The molecule has 0 aromatic carbocycles. The molecule has 0 saturated carbocycles. The van der Waals surface area contributed by atoms with Crippen molar-refractivity contribution in [2.75, 3.05) is 12.4 Å². The normalized spacial score (nSPS) is 28.1. The molecular weight excluding hydrogens is 202 g/mol. The Morgan fingerprint density at radius 3 is 3.23 bits per heavy atom. The molecule has 2 nitrogen and oxygen atoms in total. The zero-order valence-corrected chi connectivity index (χ0v) is 8.90. The molecule has 72 valence electrons.